The summed E-state index contributed by atoms with van der Waals surface area (Å²) in [6, 6.07) is 3.57. The molecule has 3 N–H and O–H groups in total. The van der Waals surface area contributed by atoms with Gasteiger partial charge in [0.15, 0.2) is 0 Å². The van der Waals surface area contributed by atoms with Crippen molar-refractivity contribution in [1.82, 2.24) is 4.98 Å². The molecule has 0 aromatic carbocycles. The zero-order chi connectivity index (χ0) is 7.56. The lowest BCUT2D eigenvalue weighted by molar-refractivity contribution is 1.24. The minimum absolute atomic E-state index is 0.0209. The van der Waals surface area contributed by atoms with Crippen LogP contribution in [0.25, 0.3) is 0 Å². The normalized spacial score (nSPS) is 9.30. The number of hydrogen-bond donors (Lipinski definition) is 2. The highest BCUT2D eigenvalue weighted by Crippen LogP contribution is 2.11. The van der Waals surface area contributed by atoms with E-state index in [0.29, 0.717) is 5.69 Å². The maximum absolute atomic E-state index is 7.06. The van der Waals surface area contributed by atoms with Gasteiger partial charge in [-0.2, -0.15) is 0 Å². The Balaban J connectivity index is 3.15. The van der Waals surface area contributed by atoms with Crippen LogP contribution in [0.4, 0.5) is 0 Å². The summed E-state index contributed by atoms with van der Waals surface area (Å²) in [5, 5.41) is 7.06. The summed E-state index contributed by atoms with van der Waals surface area (Å²) in [5.74, 6) is -0.0209. The summed E-state index contributed by atoms with van der Waals surface area (Å²) in [6.07, 6.45) is 1.60. The van der Waals surface area contributed by atoms with E-state index in [1.165, 1.54) is 0 Å². The molecule has 0 aliphatic carbocycles. The quantitative estimate of drug-likeness (QED) is 0.527. The van der Waals surface area contributed by atoms with Crippen LogP contribution in [0.3, 0.4) is 0 Å². The zero-order valence-corrected chi connectivity index (χ0v) is 6.72. The van der Waals surface area contributed by atoms with Crippen LogP contribution in [-0.4, -0.2) is 10.8 Å². The molecular formula is C6H6BrN3. The number of hydrogen-bond acceptors (Lipinski definition) is 2. The second-order valence-electron chi connectivity index (χ2n) is 1.75. The van der Waals surface area contributed by atoms with Gasteiger partial charge in [0.25, 0.3) is 0 Å². The molecule has 0 bridgehead atoms. The molecule has 52 valence electrons. The molecule has 0 amide bonds. The summed E-state index contributed by atoms with van der Waals surface area (Å²) < 4.78 is 0.752. The first-order valence-corrected chi connectivity index (χ1v) is 3.46. The molecule has 0 aliphatic heterocycles. The number of rotatable bonds is 1. The van der Waals surface area contributed by atoms with Crippen LogP contribution in [0.5, 0.6) is 0 Å². The Hall–Kier alpha value is -0.900. The third-order valence-electron chi connectivity index (χ3n) is 1.01. The molecule has 0 spiro atoms. The van der Waals surface area contributed by atoms with Gasteiger partial charge in [-0.1, -0.05) is 0 Å². The first-order valence-electron chi connectivity index (χ1n) is 2.66. The summed E-state index contributed by atoms with van der Waals surface area (Å²) in [7, 11) is 0. The van der Waals surface area contributed by atoms with E-state index in [-0.39, 0.29) is 5.84 Å². The van der Waals surface area contributed by atoms with Gasteiger partial charge in [0, 0.05) is 10.7 Å². The van der Waals surface area contributed by atoms with Crippen LogP contribution in [0.2, 0.25) is 0 Å². The first-order chi connectivity index (χ1) is 4.72. The molecule has 1 rings (SSSR count). The van der Waals surface area contributed by atoms with Gasteiger partial charge >= 0.3 is 0 Å². The molecule has 0 saturated carbocycles. The van der Waals surface area contributed by atoms with Crippen molar-refractivity contribution in [3.8, 4) is 0 Å². The van der Waals surface area contributed by atoms with Crippen molar-refractivity contribution < 1.29 is 0 Å². The third-order valence-corrected chi connectivity index (χ3v) is 1.65. The van der Waals surface area contributed by atoms with Gasteiger partial charge in [0.2, 0.25) is 0 Å². The van der Waals surface area contributed by atoms with E-state index in [1.807, 2.05) is 0 Å². The molecule has 4 heteroatoms. The topological polar surface area (TPSA) is 62.8 Å². The lowest BCUT2D eigenvalue weighted by Crippen LogP contribution is -2.13. The van der Waals surface area contributed by atoms with E-state index < -0.39 is 0 Å². The Kier molecular flexibility index (Phi) is 2.01. The number of halogens is 1. The van der Waals surface area contributed by atoms with Crippen LogP contribution < -0.4 is 5.73 Å². The van der Waals surface area contributed by atoms with Crippen LogP contribution in [0.15, 0.2) is 22.8 Å². The zero-order valence-electron chi connectivity index (χ0n) is 5.13. The summed E-state index contributed by atoms with van der Waals surface area (Å²) in [5.41, 5.74) is 5.69. The Morgan fingerprint density at radius 1 is 1.70 bits per heavy atom. The van der Waals surface area contributed by atoms with E-state index in [0.717, 1.165) is 4.47 Å². The van der Waals surface area contributed by atoms with Crippen molar-refractivity contribution in [1.29, 1.82) is 5.41 Å². The third kappa shape index (κ3) is 1.33. The highest BCUT2D eigenvalue weighted by Gasteiger charge is 2.00. The highest BCUT2D eigenvalue weighted by atomic mass is 79.9. The number of nitrogens with two attached hydrogens (primary N) is 1. The van der Waals surface area contributed by atoms with Crippen molar-refractivity contribution in [2.75, 3.05) is 0 Å². The van der Waals surface area contributed by atoms with Gasteiger partial charge in [-0.05, 0) is 28.1 Å². The van der Waals surface area contributed by atoms with Gasteiger partial charge in [-0.15, -0.1) is 0 Å². The molecular weight excluding hydrogens is 194 g/mol. The number of aromatic nitrogens is 1. The fourth-order valence-electron chi connectivity index (χ4n) is 0.584. The second-order valence-corrected chi connectivity index (χ2v) is 2.60. The number of nitrogens with zero attached hydrogens (tertiary/aromatic N) is 1. The van der Waals surface area contributed by atoms with E-state index in [4.69, 9.17) is 11.1 Å². The van der Waals surface area contributed by atoms with Crippen LogP contribution >= 0.6 is 15.9 Å². The van der Waals surface area contributed by atoms with E-state index in [9.17, 15) is 0 Å². The molecule has 10 heavy (non-hydrogen) atoms. The van der Waals surface area contributed by atoms with Gasteiger partial charge in [-0.25, -0.2) is 0 Å². The molecule has 1 aromatic rings. The van der Waals surface area contributed by atoms with Gasteiger partial charge in [-0.3, -0.25) is 10.4 Å². The van der Waals surface area contributed by atoms with Crippen molar-refractivity contribution in [3.05, 3.63) is 28.5 Å². The number of pyridine rings is 1. The predicted octanol–water partition coefficient (Wildman–Crippen LogP) is 1.13. The lowest BCUT2D eigenvalue weighted by atomic mass is 10.3. The minimum atomic E-state index is -0.0209. The molecule has 0 unspecified atom stereocenters. The Labute approximate surface area is 66.9 Å². The smallest absolute Gasteiger partial charge is 0.142 e. The Morgan fingerprint density at radius 2 is 2.40 bits per heavy atom. The highest BCUT2D eigenvalue weighted by molar-refractivity contribution is 9.10. The Morgan fingerprint density at radius 3 is 2.80 bits per heavy atom. The van der Waals surface area contributed by atoms with Gasteiger partial charge in [0.1, 0.15) is 11.5 Å². The monoisotopic (exact) mass is 199 g/mol. The largest absolute Gasteiger partial charge is 0.382 e. The summed E-state index contributed by atoms with van der Waals surface area (Å²) in [6.45, 7) is 0. The van der Waals surface area contributed by atoms with Gasteiger partial charge in [0.05, 0.1) is 0 Å². The second kappa shape index (κ2) is 2.79. The predicted molar refractivity (Wildman–Crippen MR) is 43.0 cm³/mol. The molecule has 1 heterocycles. The van der Waals surface area contributed by atoms with Gasteiger partial charge < -0.3 is 5.73 Å². The van der Waals surface area contributed by atoms with E-state index in [1.54, 1.807) is 18.3 Å². The average Bonchev–Trinajstić information content (AvgIpc) is 1.88. The van der Waals surface area contributed by atoms with E-state index >= 15 is 0 Å². The number of nitrogens with one attached hydrogen (secondary N) is 1. The van der Waals surface area contributed by atoms with E-state index in [2.05, 4.69) is 20.9 Å². The first kappa shape index (κ1) is 7.21. The summed E-state index contributed by atoms with van der Waals surface area (Å²) in [4.78, 5) is 3.88. The molecule has 0 saturated heterocycles. The molecule has 0 fully saturated rings. The average molecular weight is 200 g/mol. The van der Waals surface area contributed by atoms with Crippen LogP contribution in [0.1, 0.15) is 5.69 Å². The molecule has 0 aliphatic rings. The molecule has 0 radical (unpaired) electrons. The maximum Gasteiger partial charge on any atom is 0.142 e. The SMILES string of the molecule is N=C(N)c1ncccc1Br. The number of nitrogen functional groups attached to an aromatic ring is 1. The van der Waals surface area contributed by atoms with Crippen LogP contribution in [-0.2, 0) is 0 Å². The fraction of sp³-hybridized carbons (Fsp3) is 0. The van der Waals surface area contributed by atoms with Crippen molar-refractivity contribution in [2.24, 2.45) is 5.73 Å². The summed E-state index contributed by atoms with van der Waals surface area (Å²) >= 11 is 3.21. The van der Waals surface area contributed by atoms with Crippen LogP contribution in [0, 0.1) is 5.41 Å². The maximum atomic E-state index is 7.06. The molecule has 3 nitrogen and oxygen atoms in total. The lowest BCUT2D eigenvalue weighted by Gasteiger charge is -1.97. The van der Waals surface area contributed by atoms with Crippen molar-refractivity contribution in [2.45, 2.75) is 0 Å². The standard InChI is InChI=1S/C6H6BrN3/c7-4-2-1-3-10-5(4)6(8)9/h1-3H,(H3,8,9). The Bertz CT molecular complexity index is 259. The minimum Gasteiger partial charge on any atom is -0.382 e. The van der Waals surface area contributed by atoms with Crippen molar-refractivity contribution in [3.63, 3.8) is 0 Å². The molecule has 1 aromatic heterocycles. The molecule has 0 atom stereocenters. The number of amidine groups is 1. The fourth-order valence-corrected chi connectivity index (χ4v) is 1.05. The van der Waals surface area contributed by atoms with Crippen molar-refractivity contribution >= 4 is 21.8 Å².